The first-order valence-corrected chi connectivity index (χ1v) is 6.64. The molecule has 0 aromatic rings. The monoisotopic (exact) mass is 215 g/mol. The summed E-state index contributed by atoms with van der Waals surface area (Å²) < 4.78 is 0. The lowest BCUT2D eigenvalue weighted by atomic mass is 10.0. The second-order valence-electron chi connectivity index (χ2n) is 4.63. The molecule has 0 fully saturated rings. The van der Waals surface area contributed by atoms with Crippen LogP contribution in [0.25, 0.3) is 0 Å². The van der Waals surface area contributed by atoms with E-state index in [1.807, 2.05) is 0 Å². The van der Waals surface area contributed by atoms with Crippen LogP contribution in [-0.4, -0.2) is 17.3 Å². The summed E-state index contributed by atoms with van der Waals surface area (Å²) >= 11 is 0. The van der Waals surface area contributed by atoms with Gasteiger partial charge in [0, 0.05) is 6.04 Å². The molecule has 2 atom stereocenters. The summed E-state index contributed by atoms with van der Waals surface area (Å²) in [6.45, 7) is 4.34. The average Bonchev–Trinajstić information content (AvgIpc) is 2.22. The fourth-order valence-electron chi connectivity index (χ4n) is 1.89. The third kappa shape index (κ3) is 10.2. The van der Waals surface area contributed by atoms with Crippen molar-refractivity contribution >= 4 is 0 Å². The van der Waals surface area contributed by atoms with Crippen molar-refractivity contribution < 1.29 is 5.11 Å². The smallest absolute Gasteiger partial charge is 0.0540 e. The molecule has 0 aliphatic carbocycles. The predicted octanol–water partition coefficient (Wildman–Crippen LogP) is 3.23. The number of hydrogen-bond donors (Lipinski definition) is 2. The SMILES string of the molecule is CCCC[C@H](O)CCCC[C@H](N)CCC. The van der Waals surface area contributed by atoms with Gasteiger partial charge < -0.3 is 10.8 Å². The minimum Gasteiger partial charge on any atom is -0.393 e. The Labute approximate surface area is 95.3 Å². The van der Waals surface area contributed by atoms with Gasteiger partial charge in [0.2, 0.25) is 0 Å². The van der Waals surface area contributed by atoms with Crippen LogP contribution in [-0.2, 0) is 0 Å². The van der Waals surface area contributed by atoms with Crippen LogP contribution in [0.3, 0.4) is 0 Å². The number of nitrogens with two attached hydrogens (primary N) is 1. The number of aliphatic hydroxyl groups excluding tert-OH is 1. The molecule has 0 saturated heterocycles. The summed E-state index contributed by atoms with van der Waals surface area (Å²) in [7, 11) is 0. The molecule has 0 aromatic heterocycles. The highest BCUT2D eigenvalue weighted by molar-refractivity contribution is 4.62. The molecule has 0 unspecified atom stereocenters. The van der Waals surface area contributed by atoms with E-state index in [0.29, 0.717) is 6.04 Å². The topological polar surface area (TPSA) is 46.2 Å². The van der Waals surface area contributed by atoms with Crippen molar-refractivity contribution in [3.05, 3.63) is 0 Å². The van der Waals surface area contributed by atoms with E-state index < -0.39 is 0 Å². The molecule has 0 radical (unpaired) electrons. The molecule has 0 bridgehead atoms. The molecule has 0 aromatic carbocycles. The second kappa shape index (κ2) is 10.4. The standard InChI is InChI=1S/C13H29NO/c1-3-5-10-13(15)11-7-6-9-12(14)8-4-2/h12-13,15H,3-11,14H2,1-2H3/t12-,13+/m1/s1. The number of aliphatic hydroxyl groups is 1. The molecule has 0 aliphatic heterocycles. The minimum absolute atomic E-state index is 0.0765. The first-order valence-electron chi connectivity index (χ1n) is 6.64. The highest BCUT2D eigenvalue weighted by atomic mass is 16.3. The molecule has 3 N–H and O–H groups in total. The molecular weight excluding hydrogens is 186 g/mol. The third-order valence-electron chi connectivity index (χ3n) is 2.91. The summed E-state index contributed by atoms with van der Waals surface area (Å²) in [5.74, 6) is 0. The van der Waals surface area contributed by atoms with Crippen molar-refractivity contribution in [3.8, 4) is 0 Å². The summed E-state index contributed by atoms with van der Waals surface area (Å²) in [5.41, 5.74) is 5.92. The van der Waals surface area contributed by atoms with Crippen LogP contribution in [0, 0.1) is 0 Å². The summed E-state index contributed by atoms with van der Waals surface area (Å²) in [6, 6.07) is 0.378. The fraction of sp³-hybridized carbons (Fsp3) is 1.00. The predicted molar refractivity (Wildman–Crippen MR) is 66.9 cm³/mol. The largest absolute Gasteiger partial charge is 0.393 e. The zero-order valence-corrected chi connectivity index (χ0v) is 10.5. The van der Waals surface area contributed by atoms with Gasteiger partial charge in [0.05, 0.1) is 6.10 Å². The molecule has 0 spiro atoms. The van der Waals surface area contributed by atoms with Gasteiger partial charge in [-0.05, 0) is 25.7 Å². The highest BCUT2D eigenvalue weighted by Gasteiger charge is 2.04. The van der Waals surface area contributed by atoms with E-state index in [4.69, 9.17) is 5.73 Å². The molecule has 0 heterocycles. The zero-order valence-electron chi connectivity index (χ0n) is 10.5. The van der Waals surface area contributed by atoms with Crippen molar-refractivity contribution in [1.29, 1.82) is 0 Å². The lowest BCUT2D eigenvalue weighted by Gasteiger charge is -2.12. The van der Waals surface area contributed by atoms with Crippen molar-refractivity contribution in [2.45, 2.75) is 83.8 Å². The molecular formula is C13H29NO. The lowest BCUT2D eigenvalue weighted by molar-refractivity contribution is 0.147. The van der Waals surface area contributed by atoms with Gasteiger partial charge in [0.1, 0.15) is 0 Å². The Morgan fingerprint density at radius 2 is 1.47 bits per heavy atom. The van der Waals surface area contributed by atoms with E-state index in [9.17, 15) is 5.11 Å². The van der Waals surface area contributed by atoms with E-state index in [2.05, 4.69) is 13.8 Å². The van der Waals surface area contributed by atoms with E-state index in [1.165, 1.54) is 19.3 Å². The maximum absolute atomic E-state index is 9.62. The normalized spacial score (nSPS) is 15.2. The Morgan fingerprint density at radius 3 is 2.07 bits per heavy atom. The average molecular weight is 215 g/mol. The number of hydrogen-bond acceptors (Lipinski definition) is 2. The molecule has 15 heavy (non-hydrogen) atoms. The van der Waals surface area contributed by atoms with Crippen LogP contribution in [0.2, 0.25) is 0 Å². The van der Waals surface area contributed by atoms with Gasteiger partial charge in [-0.3, -0.25) is 0 Å². The van der Waals surface area contributed by atoms with Crippen molar-refractivity contribution in [2.24, 2.45) is 5.73 Å². The van der Waals surface area contributed by atoms with Crippen LogP contribution in [0.15, 0.2) is 0 Å². The van der Waals surface area contributed by atoms with Gasteiger partial charge in [-0.25, -0.2) is 0 Å². The Bertz CT molecular complexity index is 128. The lowest BCUT2D eigenvalue weighted by Crippen LogP contribution is -2.19. The zero-order chi connectivity index (χ0) is 11.5. The van der Waals surface area contributed by atoms with Crippen molar-refractivity contribution in [3.63, 3.8) is 0 Å². The summed E-state index contributed by atoms with van der Waals surface area (Å²) in [4.78, 5) is 0. The Hall–Kier alpha value is -0.0800. The Morgan fingerprint density at radius 1 is 0.867 bits per heavy atom. The van der Waals surface area contributed by atoms with Gasteiger partial charge in [-0.15, -0.1) is 0 Å². The Balaban J connectivity index is 3.22. The second-order valence-corrected chi connectivity index (χ2v) is 4.63. The highest BCUT2D eigenvalue weighted by Crippen LogP contribution is 2.11. The Kier molecular flexibility index (Phi) is 10.4. The van der Waals surface area contributed by atoms with Gasteiger partial charge in [0.15, 0.2) is 0 Å². The number of rotatable bonds is 10. The molecule has 0 rings (SSSR count). The van der Waals surface area contributed by atoms with Crippen LogP contribution >= 0.6 is 0 Å². The molecule has 2 heteroatoms. The van der Waals surface area contributed by atoms with Crippen LogP contribution < -0.4 is 5.73 Å². The summed E-state index contributed by atoms with van der Waals surface area (Å²) in [6.07, 6.45) is 9.91. The maximum Gasteiger partial charge on any atom is 0.0540 e. The minimum atomic E-state index is -0.0765. The molecule has 92 valence electrons. The molecule has 0 saturated carbocycles. The first-order chi connectivity index (χ1) is 7.20. The first kappa shape index (κ1) is 14.9. The van der Waals surface area contributed by atoms with E-state index in [1.54, 1.807) is 0 Å². The van der Waals surface area contributed by atoms with Gasteiger partial charge in [0.25, 0.3) is 0 Å². The van der Waals surface area contributed by atoms with Gasteiger partial charge in [-0.1, -0.05) is 46.0 Å². The quantitative estimate of drug-likeness (QED) is 0.550. The third-order valence-corrected chi connectivity index (χ3v) is 2.91. The van der Waals surface area contributed by atoms with Crippen LogP contribution in [0.5, 0.6) is 0 Å². The molecule has 0 aliphatic rings. The van der Waals surface area contributed by atoms with Crippen molar-refractivity contribution in [1.82, 2.24) is 0 Å². The fourth-order valence-corrected chi connectivity index (χ4v) is 1.89. The van der Waals surface area contributed by atoms with Gasteiger partial charge in [-0.2, -0.15) is 0 Å². The van der Waals surface area contributed by atoms with E-state index in [-0.39, 0.29) is 6.10 Å². The van der Waals surface area contributed by atoms with E-state index >= 15 is 0 Å². The van der Waals surface area contributed by atoms with Crippen LogP contribution in [0.4, 0.5) is 0 Å². The summed E-state index contributed by atoms with van der Waals surface area (Å²) in [5, 5.41) is 9.62. The van der Waals surface area contributed by atoms with Crippen LogP contribution in [0.1, 0.15) is 71.6 Å². The molecule has 2 nitrogen and oxygen atoms in total. The maximum atomic E-state index is 9.62. The van der Waals surface area contributed by atoms with E-state index in [0.717, 1.165) is 38.5 Å². The van der Waals surface area contributed by atoms with Gasteiger partial charge >= 0.3 is 0 Å². The number of unbranched alkanes of at least 4 members (excludes halogenated alkanes) is 2. The van der Waals surface area contributed by atoms with Crippen molar-refractivity contribution in [2.75, 3.05) is 0 Å². The molecule has 0 amide bonds.